The van der Waals surface area contributed by atoms with Crippen LogP contribution in [0.1, 0.15) is 48.8 Å². The van der Waals surface area contributed by atoms with Crippen molar-refractivity contribution in [3.8, 4) is 17.9 Å². The molecule has 1 N–H and O–H groups in total. The molecule has 2 aromatic rings. The van der Waals surface area contributed by atoms with Gasteiger partial charge in [0.2, 0.25) is 0 Å². The monoisotopic (exact) mass is 469 g/mol. The number of carboxylic acid groups (broad SMARTS) is 1. The molecule has 1 aliphatic carbocycles. The summed E-state index contributed by atoms with van der Waals surface area (Å²) in [5.74, 6) is 6.79. The highest BCUT2D eigenvalue weighted by molar-refractivity contribution is 5.66. The van der Waals surface area contributed by atoms with E-state index in [1.807, 2.05) is 54.6 Å². The first-order chi connectivity index (χ1) is 17.1. The summed E-state index contributed by atoms with van der Waals surface area (Å²) in [6, 6.07) is 19.7. The Balaban J connectivity index is 1.44. The minimum absolute atomic E-state index is 0.131. The molecule has 5 heteroatoms. The lowest BCUT2D eigenvalue weighted by Crippen LogP contribution is -2.37. The second-order valence-corrected chi connectivity index (χ2v) is 9.41. The number of allylic oxidation sites excluding steroid dienone is 2. The summed E-state index contributed by atoms with van der Waals surface area (Å²) < 4.78 is 12.3. The van der Waals surface area contributed by atoms with Crippen molar-refractivity contribution in [3.63, 3.8) is 0 Å². The summed E-state index contributed by atoms with van der Waals surface area (Å²) in [6.45, 7) is 1.73. The van der Waals surface area contributed by atoms with Gasteiger partial charge in [0.25, 0.3) is 0 Å². The van der Waals surface area contributed by atoms with Crippen LogP contribution in [0.4, 0.5) is 0 Å². The lowest BCUT2D eigenvalue weighted by Gasteiger charge is -2.35. The maximum absolute atomic E-state index is 10.8. The summed E-state index contributed by atoms with van der Waals surface area (Å²) in [5.41, 5.74) is 2.49. The van der Waals surface area contributed by atoms with Crippen molar-refractivity contribution in [1.29, 1.82) is 5.26 Å². The Labute approximate surface area is 207 Å². The van der Waals surface area contributed by atoms with Crippen LogP contribution in [0.15, 0.2) is 66.7 Å². The predicted octanol–water partition coefficient (Wildman–Crippen LogP) is 5.35. The zero-order chi connectivity index (χ0) is 24.5. The molecule has 2 aromatic carbocycles. The van der Waals surface area contributed by atoms with Gasteiger partial charge in [0.05, 0.1) is 43.0 Å². The number of hydrogen-bond acceptors (Lipinski definition) is 4. The Morgan fingerprint density at radius 3 is 2.69 bits per heavy atom. The zero-order valence-electron chi connectivity index (χ0n) is 19.9. The minimum atomic E-state index is -0.752. The standard InChI is InChI=1S/C30H31NO4/c31-19-24-12-14-25(15-13-24)20-34-21-26-27(10-6-1-2-7-11-29(32)33)30(18-28(26)35-22-30)17-16-23-8-4-3-5-9-23/h1,3-6,8-9,12-15,26-28H,2,7,10-11,18,20-22H2,(H,32,33)/t26-,27-,28-,30?/m0/s1. The Kier molecular flexibility index (Phi) is 8.37. The van der Waals surface area contributed by atoms with Gasteiger partial charge < -0.3 is 14.6 Å². The Hall–Kier alpha value is -3.38. The van der Waals surface area contributed by atoms with Crippen LogP contribution < -0.4 is 0 Å². The molecule has 0 amide bonds. The Morgan fingerprint density at radius 2 is 1.94 bits per heavy atom. The SMILES string of the molecule is N#Cc1ccc(COC[C@@H]2[C@@H]3CC(C#Cc4ccccc4)(CO3)[C@H]2CC=CCCCC(=O)O)cc1. The quantitative estimate of drug-likeness (QED) is 0.288. The van der Waals surface area contributed by atoms with Gasteiger partial charge in [-0.2, -0.15) is 5.26 Å². The summed E-state index contributed by atoms with van der Waals surface area (Å²) in [4.78, 5) is 10.8. The number of fused-ring (bicyclic) bond motifs is 2. The molecular formula is C30H31NO4. The molecule has 2 fully saturated rings. The molecular weight excluding hydrogens is 438 g/mol. The highest BCUT2D eigenvalue weighted by atomic mass is 16.5. The van der Waals surface area contributed by atoms with Gasteiger partial charge in [-0.3, -0.25) is 4.79 Å². The van der Waals surface area contributed by atoms with Crippen LogP contribution in [0, 0.1) is 40.4 Å². The minimum Gasteiger partial charge on any atom is -0.481 e. The lowest BCUT2D eigenvalue weighted by molar-refractivity contribution is -0.137. The molecule has 35 heavy (non-hydrogen) atoms. The fraction of sp³-hybridized carbons (Fsp3) is 0.400. The zero-order valence-corrected chi connectivity index (χ0v) is 19.9. The number of nitriles is 1. The van der Waals surface area contributed by atoms with Gasteiger partial charge in [-0.1, -0.05) is 54.3 Å². The number of unbranched alkanes of at least 4 members (excludes halogenated alkanes) is 1. The smallest absolute Gasteiger partial charge is 0.303 e. The number of ether oxygens (including phenoxy) is 2. The van der Waals surface area contributed by atoms with Crippen molar-refractivity contribution >= 4 is 5.97 Å². The molecule has 1 aliphatic heterocycles. The molecule has 1 saturated heterocycles. The van der Waals surface area contributed by atoms with Gasteiger partial charge >= 0.3 is 5.97 Å². The number of carbonyl (C=O) groups is 1. The third-order valence-corrected chi connectivity index (χ3v) is 7.03. The average Bonchev–Trinajstić information content (AvgIpc) is 3.43. The van der Waals surface area contributed by atoms with Crippen molar-refractivity contribution in [2.45, 2.75) is 44.8 Å². The third kappa shape index (κ3) is 6.40. The molecule has 180 valence electrons. The van der Waals surface area contributed by atoms with Crippen molar-refractivity contribution in [2.24, 2.45) is 17.3 Å². The number of hydrogen-bond donors (Lipinski definition) is 1. The highest BCUT2D eigenvalue weighted by Gasteiger charge is 2.57. The Morgan fingerprint density at radius 1 is 1.14 bits per heavy atom. The fourth-order valence-corrected chi connectivity index (χ4v) is 5.18. The summed E-state index contributed by atoms with van der Waals surface area (Å²) >= 11 is 0. The van der Waals surface area contributed by atoms with Gasteiger partial charge in [0.15, 0.2) is 0 Å². The van der Waals surface area contributed by atoms with Crippen LogP contribution in [-0.4, -0.2) is 30.4 Å². The highest BCUT2D eigenvalue weighted by Crippen LogP contribution is 2.55. The van der Waals surface area contributed by atoms with Crippen LogP contribution in [0.2, 0.25) is 0 Å². The number of carboxylic acids is 1. The van der Waals surface area contributed by atoms with Gasteiger partial charge in [-0.05, 0) is 61.4 Å². The summed E-state index contributed by atoms with van der Waals surface area (Å²) in [7, 11) is 0. The molecule has 4 atom stereocenters. The molecule has 1 heterocycles. The number of aliphatic carboxylic acids is 1. The van der Waals surface area contributed by atoms with Crippen LogP contribution in [0.25, 0.3) is 0 Å². The summed E-state index contributed by atoms with van der Waals surface area (Å²) in [5, 5.41) is 17.8. The Bertz CT molecular complexity index is 1120. The van der Waals surface area contributed by atoms with E-state index in [9.17, 15) is 4.79 Å². The van der Waals surface area contributed by atoms with E-state index in [2.05, 4.69) is 30.1 Å². The first-order valence-electron chi connectivity index (χ1n) is 12.2. The van der Waals surface area contributed by atoms with Gasteiger partial charge in [-0.25, -0.2) is 0 Å². The molecule has 0 aromatic heterocycles. The molecule has 5 nitrogen and oxygen atoms in total. The maximum Gasteiger partial charge on any atom is 0.303 e. The molecule has 2 aliphatic rings. The van der Waals surface area contributed by atoms with Crippen LogP contribution in [0.5, 0.6) is 0 Å². The van der Waals surface area contributed by atoms with E-state index in [1.165, 1.54) is 0 Å². The average molecular weight is 470 g/mol. The molecule has 0 radical (unpaired) electrons. The van der Waals surface area contributed by atoms with Gasteiger partial charge in [0, 0.05) is 17.9 Å². The molecule has 0 spiro atoms. The second kappa shape index (κ2) is 11.8. The largest absolute Gasteiger partial charge is 0.481 e. The first-order valence-corrected chi connectivity index (χ1v) is 12.2. The third-order valence-electron chi connectivity index (χ3n) is 7.03. The fourth-order valence-electron chi connectivity index (χ4n) is 5.18. The van der Waals surface area contributed by atoms with Crippen LogP contribution in [-0.2, 0) is 20.9 Å². The van der Waals surface area contributed by atoms with E-state index < -0.39 is 5.97 Å². The van der Waals surface area contributed by atoms with Crippen molar-refractivity contribution in [2.75, 3.05) is 13.2 Å². The second-order valence-electron chi connectivity index (χ2n) is 9.41. The number of rotatable bonds is 10. The maximum atomic E-state index is 10.8. The molecule has 1 unspecified atom stereocenters. The van der Waals surface area contributed by atoms with E-state index in [0.29, 0.717) is 37.7 Å². The first kappa shape index (κ1) is 24.7. The van der Waals surface area contributed by atoms with Crippen LogP contribution >= 0.6 is 0 Å². The van der Waals surface area contributed by atoms with E-state index >= 15 is 0 Å². The van der Waals surface area contributed by atoms with E-state index in [4.69, 9.17) is 19.8 Å². The van der Waals surface area contributed by atoms with Crippen molar-refractivity contribution in [3.05, 3.63) is 83.4 Å². The van der Waals surface area contributed by atoms with Crippen LogP contribution in [0.3, 0.4) is 0 Å². The molecule has 2 bridgehead atoms. The number of nitrogens with zero attached hydrogens (tertiary/aromatic N) is 1. The van der Waals surface area contributed by atoms with E-state index in [-0.39, 0.29) is 23.9 Å². The lowest BCUT2D eigenvalue weighted by atomic mass is 9.74. The van der Waals surface area contributed by atoms with Gasteiger partial charge in [-0.15, -0.1) is 0 Å². The van der Waals surface area contributed by atoms with Gasteiger partial charge in [0.1, 0.15) is 0 Å². The number of benzene rings is 2. The predicted molar refractivity (Wildman–Crippen MR) is 133 cm³/mol. The topological polar surface area (TPSA) is 79.5 Å². The normalized spacial score (nSPS) is 24.7. The van der Waals surface area contributed by atoms with E-state index in [1.54, 1.807) is 0 Å². The van der Waals surface area contributed by atoms with E-state index in [0.717, 1.165) is 30.4 Å². The molecule has 4 rings (SSSR count). The van der Waals surface area contributed by atoms with Crippen molar-refractivity contribution in [1.82, 2.24) is 0 Å². The van der Waals surface area contributed by atoms with Crippen molar-refractivity contribution < 1.29 is 19.4 Å². The summed E-state index contributed by atoms with van der Waals surface area (Å²) in [6.07, 6.45) is 7.82. The molecule has 1 saturated carbocycles.